The zero-order valence-corrected chi connectivity index (χ0v) is 11.6. The van der Waals surface area contributed by atoms with Crippen molar-refractivity contribution in [3.63, 3.8) is 0 Å². The Bertz CT molecular complexity index is 834. The number of carboxylic acids is 1. The first-order valence-electron chi connectivity index (χ1n) is 6.73. The maximum absolute atomic E-state index is 10.9. The fourth-order valence-corrected chi connectivity index (χ4v) is 2.82. The van der Waals surface area contributed by atoms with Gasteiger partial charge in [-0.25, -0.2) is 4.79 Å². The molecular formula is C17H14N2O2. The average molecular weight is 278 g/mol. The molecule has 0 fully saturated rings. The van der Waals surface area contributed by atoms with Crippen molar-refractivity contribution in [2.24, 2.45) is 0 Å². The Morgan fingerprint density at radius 3 is 2.90 bits per heavy atom. The maximum Gasteiger partial charge on any atom is 0.335 e. The normalized spacial score (nSPS) is 17.5. The Kier molecular flexibility index (Phi) is 3.11. The number of hydrogen-bond donors (Lipinski definition) is 1. The van der Waals surface area contributed by atoms with Crippen LogP contribution in [-0.2, 0) is 4.79 Å². The largest absolute Gasteiger partial charge is 0.478 e. The highest BCUT2D eigenvalue weighted by Crippen LogP contribution is 2.31. The minimum absolute atomic E-state index is 0.0406. The number of para-hydroxylation sites is 1. The SMILES string of the molecule is Cc1cccc2c(C#N)cn(C3C=CC(C(=O)O)=CC3)c12. The van der Waals surface area contributed by atoms with Gasteiger partial charge in [-0.1, -0.05) is 30.4 Å². The lowest BCUT2D eigenvalue weighted by Gasteiger charge is -2.19. The molecule has 1 heterocycles. The van der Waals surface area contributed by atoms with Crippen LogP contribution in [0.15, 0.2) is 48.2 Å². The molecule has 1 N–H and O–H groups in total. The van der Waals surface area contributed by atoms with Gasteiger partial charge < -0.3 is 9.67 Å². The fourth-order valence-electron chi connectivity index (χ4n) is 2.82. The maximum atomic E-state index is 10.9. The highest BCUT2D eigenvalue weighted by molar-refractivity contribution is 5.91. The number of carboxylic acid groups (broad SMARTS) is 1. The van der Waals surface area contributed by atoms with Crippen LogP contribution in [0.4, 0.5) is 0 Å². The lowest BCUT2D eigenvalue weighted by atomic mass is 10.0. The van der Waals surface area contributed by atoms with E-state index in [0.29, 0.717) is 17.6 Å². The Morgan fingerprint density at radius 2 is 2.29 bits per heavy atom. The summed E-state index contributed by atoms with van der Waals surface area (Å²) in [5.74, 6) is -0.907. The molecule has 0 aliphatic heterocycles. The van der Waals surface area contributed by atoms with Crippen molar-refractivity contribution in [1.82, 2.24) is 4.57 Å². The van der Waals surface area contributed by atoms with Crippen LogP contribution in [0.25, 0.3) is 10.9 Å². The summed E-state index contributed by atoms with van der Waals surface area (Å²) < 4.78 is 2.06. The minimum Gasteiger partial charge on any atom is -0.478 e. The Hall–Kier alpha value is -2.80. The molecule has 104 valence electrons. The van der Waals surface area contributed by atoms with Crippen LogP contribution in [0.5, 0.6) is 0 Å². The summed E-state index contributed by atoms with van der Waals surface area (Å²) in [6.07, 6.45) is 7.71. The molecule has 1 aliphatic carbocycles. The molecule has 0 amide bonds. The molecule has 1 aliphatic rings. The molecule has 1 aromatic heterocycles. The Balaban J connectivity index is 2.09. The first-order valence-corrected chi connectivity index (χ1v) is 6.73. The predicted molar refractivity (Wildman–Crippen MR) is 79.9 cm³/mol. The van der Waals surface area contributed by atoms with Crippen LogP contribution in [0.1, 0.15) is 23.6 Å². The number of carbonyl (C=O) groups is 1. The van der Waals surface area contributed by atoms with E-state index in [1.54, 1.807) is 12.2 Å². The smallest absolute Gasteiger partial charge is 0.335 e. The van der Waals surface area contributed by atoms with E-state index in [2.05, 4.69) is 10.6 Å². The highest BCUT2D eigenvalue weighted by atomic mass is 16.4. The van der Waals surface area contributed by atoms with E-state index < -0.39 is 5.97 Å². The third-order valence-corrected chi connectivity index (χ3v) is 3.86. The number of fused-ring (bicyclic) bond motifs is 1. The molecule has 0 spiro atoms. The van der Waals surface area contributed by atoms with Crippen LogP contribution in [0.3, 0.4) is 0 Å². The van der Waals surface area contributed by atoms with E-state index in [1.807, 2.05) is 37.4 Å². The lowest BCUT2D eigenvalue weighted by Crippen LogP contribution is -2.10. The topological polar surface area (TPSA) is 66.0 Å². The van der Waals surface area contributed by atoms with E-state index in [4.69, 9.17) is 5.11 Å². The van der Waals surface area contributed by atoms with Gasteiger partial charge in [0, 0.05) is 11.6 Å². The lowest BCUT2D eigenvalue weighted by molar-refractivity contribution is -0.132. The molecule has 0 saturated heterocycles. The number of nitriles is 1. The summed E-state index contributed by atoms with van der Waals surface area (Å²) in [6, 6.07) is 8.18. The first-order chi connectivity index (χ1) is 10.1. The van der Waals surface area contributed by atoms with Crippen LogP contribution < -0.4 is 0 Å². The Labute approximate surface area is 122 Å². The second kappa shape index (κ2) is 4.95. The molecular weight excluding hydrogens is 264 g/mol. The van der Waals surface area contributed by atoms with Gasteiger partial charge in [-0.2, -0.15) is 5.26 Å². The third kappa shape index (κ3) is 2.13. The van der Waals surface area contributed by atoms with Crippen molar-refractivity contribution in [2.75, 3.05) is 0 Å². The number of aromatic nitrogens is 1. The molecule has 4 nitrogen and oxygen atoms in total. The van der Waals surface area contributed by atoms with E-state index in [1.165, 1.54) is 0 Å². The van der Waals surface area contributed by atoms with Crippen molar-refractivity contribution in [1.29, 1.82) is 5.26 Å². The summed E-state index contributed by atoms with van der Waals surface area (Å²) in [6.45, 7) is 2.02. The summed E-state index contributed by atoms with van der Waals surface area (Å²) in [5, 5.41) is 19.2. The van der Waals surface area contributed by atoms with Gasteiger partial charge in [0.05, 0.1) is 22.7 Å². The number of hydrogen-bond acceptors (Lipinski definition) is 2. The Morgan fingerprint density at radius 1 is 1.48 bits per heavy atom. The van der Waals surface area contributed by atoms with Crippen molar-refractivity contribution >= 4 is 16.9 Å². The van der Waals surface area contributed by atoms with Crippen molar-refractivity contribution in [3.05, 3.63) is 59.3 Å². The van der Waals surface area contributed by atoms with E-state index in [-0.39, 0.29) is 6.04 Å². The van der Waals surface area contributed by atoms with Gasteiger partial charge in [-0.3, -0.25) is 0 Å². The first kappa shape index (κ1) is 13.2. The van der Waals surface area contributed by atoms with Gasteiger partial charge in [0.25, 0.3) is 0 Å². The van der Waals surface area contributed by atoms with Gasteiger partial charge in [-0.05, 0) is 25.0 Å². The molecule has 3 rings (SSSR count). The number of allylic oxidation sites excluding steroid dienone is 2. The standard InChI is InChI=1S/C17H14N2O2/c1-11-3-2-4-15-13(9-18)10-19(16(11)15)14-7-5-12(6-8-14)17(20)21/h2-7,10,14H,8H2,1H3,(H,20,21). The second-order valence-electron chi connectivity index (χ2n) is 5.16. The molecule has 21 heavy (non-hydrogen) atoms. The van der Waals surface area contributed by atoms with Crippen molar-refractivity contribution < 1.29 is 9.90 Å². The molecule has 2 aromatic rings. The zero-order chi connectivity index (χ0) is 15.0. The van der Waals surface area contributed by atoms with Gasteiger partial charge in [0.2, 0.25) is 0 Å². The van der Waals surface area contributed by atoms with Crippen LogP contribution >= 0.6 is 0 Å². The fraction of sp³-hybridized carbons (Fsp3) is 0.176. The molecule has 0 radical (unpaired) electrons. The van der Waals surface area contributed by atoms with Crippen LogP contribution in [0, 0.1) is 18.3 Å². The molecule has 0 saturated carbocycles. The second-order valence-corrected chi connectivity index (χ2v) is 5.16. The number of aryl methyl sites for hydroxylation is 1. The third-order valence-electron chi connectivity index (χ3n) is 3.86. The van der Waals surface area contributed by atoms with E-state index in [9.17, 15) is 10.1 Å². The predicted octanol–water partition coefficient (Wildman–Crippen LogP) is 3.33. The van der Waals surface area contributed by atoms with Gasteiger partial charge in [0.15, 0.2) is 0 Å². The average Bonchev–Trinajstić information content (AvgIpc) is 2.87. The van der Waals surface area contributed by atoms with Crippen LogP contribution in [0.2, 0.25) is 0 Å². The number of benzene rings is 1. The summed E-state index contributed by atoms with van der Waals surface area (Å²) >= 11 is 0. The number of aliphatic carboxylic acids is 1. The summed E-state index contributed by atoms with van der Waals surface area (Å²) in [4.78, 5) is 10.9. The zero-order valence-electron chi connectivity index (χ0n) is 11.6. The van der Waals surface area contributed by atoms with E-state index in [0.717, 1.165) is 16.5 Å². The number of nitrogens with zero attached hydrogens (tertiary/aromatic N) is 2. The molecule has 1 unspecified atom stereocenters. The molecule has 4 heteroatoms. The molecule has 1 aromatic carbocycles. The summed E-state index contributed by atoms with van der Waals surface area (Å²) in [5.41, 5.74) is 3.11. The van der Waals surface area contributed by atoms with Crippen molar-refractivity contribution in [3.8, 4) is 6.07 Å². The van der Waals surface area contributed by atoms with Gasteiger partial charge in [-0.15, -0.1) is 0 Å². The van der Waals surface area contributed by atoms with Gasteiger partial charge in [0.1, 0.15) is 6.07 Å². The highest BCUT2D eigenvalue weighted by Gasteiger charge is 2.18. The summed E-state index contributed by atoms with van der Waals surface area (Å²) in [7, 11) is 0. The van der Waals surface area contributed by atoms with Gasteiger partial charge >= 0.3 is 5.97 Å². The monoisotopic (exact) mass is 278 g/mol. The quantitative estimate of drug-likeness (QED) is 0.916. The van der Waals surface area contributed by atoms with Crippen LogP contribution in [-0.4, -0.2) is 15.6 Å². The molecule has 0 bridgehead atoms. The number of rotatable bonds is 2. The molecule has 1 atom stereocenters. The minimum atomic E-state index is -0.907. The van der Waals surface area contributed by atoms with Crippen molar-refractivity contribution in [2.45, 2.75) is 19.4 Å². The van der Waals surface area contributed by atoms with E-state index >= 15 is 0 Å².